The molecule has 4 nitrogen and oxygen atoms in total. The topological polar surface area (TPSA) is 50.4 Å². The molecule has 0 unspecified atom stereocenters. The lowest BCUT2D eigenvalue weighted by Crippen LogP contribution is -2.32. The number of rotatable bonds is 7. The molecule has 0 aliphatic rings. The van der Waals surface area contributed by atoms with Crippen molar-refractivity contribution in [3.63, 3.8) is 0 Å². The van der Waals surface area contributed by atoms with Gasteiger partial charge in [-0.2, -0.15) is 0 Å². The lowest BCUT2D eigenvalue weighted by molar-refractivity contribution is 0.0534. The van der Waals surface area contributed by atoms with Crippen molar-refractivity contribution in [2.24, 2.45) is 0 Å². The third-order valence-electron chi connectivity index (χ3n) is 1.90. The second-order valence-electron chi connectivity index (χ2n) is 4.91. The summed E-state index contributed by atoms with van der Waals surface area (Å²) in [5.41, 5.74) is -0.435. The van der Waals surface area contributed by atoms with Gasteiger partial charge in [-0.15, -0.1) is 0 Å². The SMILES string of the molecule is CCCCNC/C=C/CNC(=O)OC(C)(C)C. The van der Waals surface area contributed by atoms with Crippen molar-refractivity contribution in [3.8, 4) is 0 Å². The van der Waals surface area contributed by atoms with Crippen LogP contribution in [0.3, 0.4) is 0 Å². The standard InChI is InChI=1S/C13H26N2O2/c1-5-6-9-14-10-7-8-11-15-12(16)17-13(2,3)4/h7-8,14H,5-6,9-11H2,1-4H3,(H,15,16)/b8-7+. The minimum atomic E-state index is -0.435. The van der Waals surface area contributed by atoms with Crippen molar-refractivity contribution in [1.82, 2.24) is 10.6 Å². The quantitative estimate of drug-likeness (QED) is 0.532. The van der Waals surface area contributed by atoms with Gasteiger partial charge in [-0.05, 0) is 33.7 Å². The lowest BCUT2D eigenvalue weighted by atomic mass is 10.2. The minimum absolute atomic E-state index is 0.374. The Morgan fingerprint density at radius 2 is 1.88 bits per heavy atom. The Morgan fingerprint density at radius 3 is 2.47 bits per heavy atom. The van der Waals surface area contributed by atoms with Crippen molar-refractivity contribution in [3.05, 3.63) is 12.2 Å². The second-order valence-corrected chi connectivity index (χ2v) is 4.91. The van der Waals surface area contributed by atoms with E-state index in [0.29, 0.717) is 6.54 Å². The smallest absolute Gasteiger partial charge is 0.407 e. The molecule has 0 rings (SSSR count). The molecule has 100 valence electrons. The number of nitrogens with one attached hydrogen (secondary N) is 2. The molecule has 0 saturated heterocycles. The molecule has 0 aromatic rings. The summed E-state index contributed by atoms with van der Waals surface area (Å²) >= 11 is 0. The predicted molar refractivity (Wildman–Crippen MR) is 71.2 cm³/mol. The van der Waals surface area contributed by atoms with Crippen LogP contribution in [-0.4, -0.2) is 31.3 Å². The van der Waals surface area contributed by atoms with Gasteiger partial charge < -0.3 is 15.4 Å². The monoisotopic (exact) mass is 242 g/mol. The summed E-state index contributed by atoms with van der Waals surface area (Å²) in [5, 5.41) is 5.95. The second kappa shape index (κ2) is 9.05. The molecular formula is C13H26N2O2. The summed E-state index contributed by atoms with van der Waals surface area (Å²) in [6.45, 7) is 10.1. The molecule has 0 aromatic carbocycles. The molecule has 1 amide bonds. The van der Waals surface area contributed by atoms with E-state index in [0.717, 1.165) is 13.1 Å². The van der Waals surface area contributed by atoms with Gasteiger partial charge in [0.15, 0.2) is 0 Å². The number of carbonyl (C=O) groups is 1. The van der Waals surface area contributed by atoms with E-state index in [4.69, 9.17) is 4.74 Å². The molecule has 0 aromatic heterocycles. The molecule has 0 fully saturated rings. The van der Waals surface area contributed by atoms with Crippen molar-refractivity contribution in [2.45, 2.75) is 46.1 Å². The van der Waals surface area contributed by atoms with Crippen molar-refractivity contribution in [1.29, 1.82) is 0 Å². The van der Waals surface area contributed by atoms with Crippen LogP contribution in [0.2, 0.25) is 0 Å². The predicted octanol–water partition coefficient (Wildman–Crippen LogP) is 2.46. The zero-order valence-electron chi connectivity index (χ0n) is 11.5. The van der Waals surface area contributed by atoms with Crippen LogP contribution >= 0.6 is 0 Å². The van der Waals surface area contributed by atoms with Crippen LogP contribution in [0.15, 0.2) is 12.2 Å². The summed E-state index contributed by atoms with van der Waals surface area (Å²) in [7, 11) is 0. The summed E-state index contributed by atoms with van der Waals surface area (Å²) in [6, 6.07) is 0. The average Bonchev–Trinajstić information content (AvgIpc) is 2.19. The number of hydrogen-bond acceptors (Lipinski definition) is 3. The Hall–Kier alpha value is -1.03. The van der Waals surface area contributed by atoms with Gasteiger partial charge in [0, 0.05) is 13.1 Å². The summed E-state index contributed by atoms with van der Waals surface area (Å²) in [4.78, 5) is 11.2. The maximum absolute atomic E-state index is 11.2. The number of amides is 1. The van der Waals surface area contributed by atoms with E-state index in [1.807, 2.05) is 32.9 Å². The third kappa shape index (κ3) is 12.9. The van der Waals surface area contributed by atoms with Crippen LogP contribution in [0, 0.1) is 0 Å². The van der Waals surface area contributed by atoms with Gasteiger partial charge in [0.1, 0.15) is 5.60 Å². The van der Waals surface area contributed by atoms with E-state index in [1.165, 1.54) is 12.8 Å². The molecule has 0 spiro atoms. The Balaban J connectivity index is 3.43. The molecule has 0 saturated carbocycles. The fourth-order valence-electron chi connectivity index (χ4n) is 1.11. The van der Waals surface area contributed by atoms with E-state index >= 15 is 0 Å². The molecular weight excluding hydrogens is 216 g/mol. The highest BCUT2D eigenvalue weighted by Gasteiger charge is 2.14. The van der Waals surface area contributed by atoms with Crippen LogP contribution in [0.4, 0.5) is 4.79 Å². The summed E-state index contributed by atoms with van der Waals surface area (Å²) in [5.74, 6) is 0. The first-order valence-electron chi connectivity index (χ1n) is 6.28. The normalized spacial score (nSPS) is 11.8. The highest BCUT2D eigenvalue weighted by Crippen LogP contribution is 2.05. The molecule has 0 heterocycles. The Labute approximate surface area is 105 Å². The first-order valence-corrected chi connectivity index (χ1v) is 6.28. The van der Waals surface area contributed by atoms with Gasteiger partial charge in [0.25, 0.3) is 0 Å². The molecule has 4 heteroatoms. The maximum Gasteiger partial charge on any atom is 0.407 e. The van der Waals surface area contributed by atoms with Crippen LogP contribution in [-0.2, 0) is 4.74 Å². The van der Waals surface area contributed by atoms with Crippen molar-refractivity contribution < 1.29 is 9.53 Å². The zero-order valence-corrected chi connectivity index (χ0v) is 11.5. The van der Waals surface area contributed by atoms with E-state index in [2.05, 4.69) is 17.6 Å². The molecule has 0 aliphatic carbocycles. The van der Waals surface area contributed by atoms with Gasteiger partial charge >= 0.3 is 6.09 Å². The first kappa shape index (κ1) is 16.0. The Morgan fingerprint density at radius 1 is 1.24 bits per heavy atom. The molecule has 17 heavy (non-hydrogen) atoms. The van der Waals surface area contributed by atoms with Crippen molar-refractivity contribution >= 4 is 6.09 Å². The highest BCUT2D eigenvalue weighted by atomic mass is 16.6. The molecule has 2 N–H and O–H groups in total. The van der Waals surface area contributed by atoms with Crippen LogP contribution in [0.25, 0.3) is 0 Å². The van der Waals surface area contributed by atoms with Gasteiger partial charge in [-0.1, -0.05) is 25.5 Å². The fourth-order valence-corrected chi connectivity index (χ4v) is 1.11. The first-order chi connectivity index (χ1) is 7.95. The van der Waals surface area contributed by atoms with E-state index in [1.54, 1.807) is 0 Å². The number of hydrogen-bond donors (Lipinski definition) is 2. The van der Waals surface area contributed by atoms with E-state index < -0.39 is 5.60 Å². The van der Waals surface area contributed by atoms with Gasteiger partial charge in [-0.3, -0.25) is 0 Å². The summed E-state index contributed by atoms with van der Waals surface area (Å²) in [6.07, 6.45) is 5.96. The summed E-state index contributed by atoms with van der Waals surface area (Å²) < 4.78 is 5.10. The molecule has 0 atom stereocenters. The fraction of sp³-hybridized carbons (Fsp3) is 0.769. The van der Waals surface area contributed by atoms with Crippen molar-refractivity contribution in [2.75, 3.05) is 19.6 Å². The average molecular weight is 242 g/mol. The number of carbonyl (C=O) groups excluding carboxylic acids is 1. The van der Waals surface area contributed by atoms with Crippen LogP contribution in [0.5, 0.6) is 0 Å². The van der Waals surface area contributed by atoms with Gasteiger partial charge in [0.2, 0.25) is 0 Å². The Bertz CT molecular complexity index is 232. The van der Waals surface area contributed by atoms with Crippen LogP contribution < -0.4 is 10.6 Å². The van der Waals surface area contributed by atoms with Crippen LogP contribution in [0.1, 0.15) is 40.5 Å². The van der Waals surface area contributed by atoms with Gasteiger partial charge in [0.05, 0.1) is 0 Å². The number of ether oxygens (including phenoxy) is 1. The Kier molecular flexibility index (Phi) is 8.50. The number of unbranched alkanes of at least 4 members (excludes halogenated alkanes) is 1. The van der Waals surface area contributed by atoms with E-state index in [-0.39, 0.29) is 6.09 Å². The zero-order chi connectivity index (χ0) is 13.1. The molecule has 0 aliphatic heterocycles. The minimum Gasteiger partial charge on any atom is -0.444 e. The largest absolute Gasteiger partial charge is 0.444 e. The van der Waals surface area contributed by atoms with E-state index in [9.17, 15) is 4.79 Å². The maximum atomic E-state index is 11.2. The number of alkyl carbamates (subject to hydrolysis) is 1. The lowest BCUT2D eigenvalue weighted by Gasteiger charge is -2.19. The molecule has 0 bridgehead atoms. The van der Waals surface area contributed by atoms with Gasteiger partial charge in [-0.25, -0.2) is 4.79 Å². The highest BCUT2D eigenvalue weighted by molar-refractivity contribution is 5.67. The third-order valence-corrected chi connectivity index (χ3v) is 1.90. The molecule has 0 radical (unpaired) electrons.